The van der Waals surface area contributed by atoms with Crippen LogP contribution in [-0.4, -0.2) is 30.0 Å². The van der Waals surface area contributed by atoms with Gasteiger partial charge in [-0.1, -0.05) is 18.3 Å². The van der Waals surface area contributed by atoms with Crippen molar-refractivity contribution in [3.63, 3.8) is 0 Å². The molecule has 2 unspecified atom stereocenters. The summed E-state index contributed by atoms with van der Waals surface area (Å²) in [5.41, 5.74) is 6.13. The molecule has 3 N–H and O–H groups in total. The highest BCUT2D eigenvalue weighted by Gasteiger charge is 2.28. The number of rotatable bonds is 3. The maximum Gasteiger partial charge on any atom is 0.252 e. The Bertz CT molecular complexity index is 579. The molecule has 1 aromatic carbocycles. The zero-order chi connectivity index (χ0) is 15.2. The minimum atomic E-state index is -0.407. The third-order valence-electron chi connectivity index (χ3n) is 3.62. The molecule has 2 rings (SSSR count). The minimum Gasteiger partial charge on any atom is -0.348 e. The molecule has 1 aliphatic rings. The standard InChI is InChI=1S/C16H19FN2OS/c1-21-15-6-2-5-14(15)19-16(20)13-8-7-12(17)10-11(13)4-3-9-18/h7-8,10,14-15H,2,5-6,9,18H2,1H3,(H,19,20). The lowest BCUT2D eigenvalue weighted by atomic mass is 10.1. The van der Waals surface area contributed by atoms with Gasteiger partial charge < -0.3 is 11.1 Å². The van der Waals surface area contributed by atoms with Crippen LogP contribution >= 0.6 is 11.8 Å². The SMILES string of the molecule is CSC1CCCC1NC(=O)c1ccc(F)cc1C#CCN. The lowest BCUT2D eigenvalue weighted by Crippen LogP contribution is -2.38. The summed E-state index contributed by atoms with van der Waals surface area (Å²) in [6, 6.07) is 4.21. The molecule has 0 heterocycles. The van der Waals surface area contributed by atoms with Crippen LogP contribution in [0.4, 0.5) is 4.39 Å². The van der Waals surface area contributed by atoms with Crippen LogP contribution in [0, 0.1) is 17.7 Å². The van der Waals surface area contributed by atoms with E-state index >= 15 is 0 Å². The van der Waals surface area contributed by atoms with Crippen molar-refractivity contribution in [3.05, 3.63) is 35.1 Å². The van der Waals surface area contributed by atoms with Crippen molar-refractivity contribution in [1.82, 2.24) is 5.32 Å². The third-order valence-corrected chi connectivity index (χ3v) is 4.79. The fourth-order valence-electron chi connectivity index (χ4n) is 2.58. The molecule has 1 saturated carbocycles. The summed E-state index contributed by atoms with van der Waals surface area (Å²) in [6.45, 7) is 0.175. The molecule has 1 aromatic rings. The Morgan fingerprint density at radius 3 is 3.05 bits per heavy atom. The van der Waals surface area contributed by atoms with Crippen LogP contribution in [0.3, 0.4) is 0 Å². The van der Waals surface area contributed by atoms with Crippen molar-refractivity contribution in [3.8, 4) is 11.8 Å². The van der Waals surface area contributed by atoms with E-state index in [4.69, 9.17) is 5.73 Å². The monoisotopic (exact) mass is 306 g/mol. The number of carbonyl (C=O) groups excluding carboxylic acids is 1. The fourth-order valence-corrected chi connectivity index (χ4v) is 3.52. The second-order valence-electron chi connectivity index (χ2n) is 4.98. The van der Waals surface area contributed by atoms with E-state index < -0.39 is 5.82 Å². The molecule has 0 saturated heterocycles. The Balaban J connectivity index is 2.18. The number of nitrogens with one attached hydrogen (secondary N) is 1. The van der Waals surface area contributed by atoms with Crippen molar-refractivity contribution in [2.24, 2.45) is 5.73 Å². The molecule has 2 atom stereocenters. The van der Waals surface area contributed by atoms with Gasteiger partial charge in [-0.05, 0) is 37.3 Å². The summed E-state index contributed by atoms with van der Waals surface area (Å²) in [5, 5.41) is 3.50. The van der Waals surface area contributed by atoms with E-state index in [2.05, 4.69) is 23.4 Å². The summed E-state index contributed by atoms with van der Waals surface area (Å²) in [4.78, 5) is 12.4. The Labute approximate surface area is 128 Å². The number of halogens is 1. The maximum absolute atomic E-state index is 13.3. The lowest BCUT2D eigenvalue weighted by molar-refractivity contribution is 0.0938. The number of thioether (sulfide) groups is 1. The van der Waals surface area contributed by atoms with Crippen LogP contribution < -0.4 is 11.1 Å². The first-order valence-corrected chi connectivity index (χ1v) is 8.26. The molecule has 0 bridgehead atoms. The first kappa shape index (κ1) is 15.9. The van der Waals surface area contributed by atoms with Crippen molar-refractivity contribution in [2.75, 3.05) is 12.8 Å². The number of amides is 1. The van der Waals surface area contributed by atoms with Gasteiger partial charge in [0, 0.05) is 16.9 Å². The van der Waals surface area contributed by atoms with E-state index in [-0.39, 0.29) is 18.5 Å². The van der Waals surface area contributed by atoms with Crippen LogP contribution in [-0.2, 0) is 0 Å². The van der Waals surface area contributed by atoms with Gasteiger partial charge in [-0.25, -0.2) is 4.39 Å². The first-order valence-electron chi connectivity index (χ1n) is 6.98. The Kier molecular flexibility index (Phi) is 5.66. The number of hydrogen-bond donors (Lipinski definition) is 2. The Hall–Kier alpha value is -1.51. The van der Waals surface area contributed by atoms with Gasteiger partial charge in [0.2, 0.25) is 0 Å². The second kappa shape index (κ2) is 7.48. The largest absolute Gasteiger partial charge is 0.348 e. The summed E-state index contributed by atoms with van der Waals surface area (Å²) in [7, 11) is 0. The number of hydrogen-bond acceptors (Lipinski definition) is 3. The molecule has 1 fully saturated rings. The molecular formula is C16H19FN2OS. The van der Waals surface area contributed by atoms with Gasteiger partial charge in [0.05, 0.1) is 12.1 Å². The minimum absolute atomic E-state index is 0.174. The van der Waals surface area contributed by atoms with E-state index in [0.717, 1.165) is 19.3 Å². The quantitative estimate of drug-likeness (QED) is 0.841. The molecule has 0 aromatic heterocycles. The lowest BCUT2D eigenvalue weighted by Gasteiger charge is -2.19. The summed E-state index contributed by atoms with van der Waals surface area (Å²) >= 11 is 1.78. The number of benzene rings is 1. The fraction of sp³-hybridized carbons (Fsp3) is 0.438. The van der Waals surface area contributed by atoms with Crippen LogP contribution in [0.1, 0.15) is 35.2 Å². The van der Waals surface area contributed by atoms with Gasteiger partial charge >= 0.3 is 0 Å². The Morgan fingerprint density at radius 2 is 2.33 bits per heavy atom. The number of carbonyl (C=O) groups is 1. The molecule has 1 aliphatic carbocycles. The molecular weight excluding hydrogens is 287 g/mol. The molecule has 112 valence electrons. The average Bonchev–Trinajstić information content (AvgIpc) is 2.92. The molecule has 1 amide bonds. The van der Waals surface area contributed by atoms with Gasteiger partial charge in [-0.3, -0.25) is 4.79 Å². The van der Waals surface area contributed by atoms with Crippen molar-refractivity contribution >= 4 is 17.7 Å². The number of nitrogens with two attached hydrogens (primary N) is 1. The average molecular weight is 306 g/mol. The maximum atomic E-state index is 13.3. The van der Waals surface area contributed by atoms with Crippen LogP contribution in [0.25, 0.3) is 0 Å². The molecule has 0 aliphatic heterocycles. The molecule has 0 spiro atoms. The predicted molar refractivity (Wildman–Crippen MR) is 84.7 cm³/mol. The van der Waals surface area contributed by atoms with Crippen LogP contribution in [0.15, 0.2) is 18.2 Å². The van der Waals surface area contributed by atoms with Crippen molar-refractivity contribution in [1.29, 1.82) is 0 Å². The van der Waals surface area contributed by atoms with Gasteiger partial charge in [0.15, 0.2) is 0 Å². The molecule has 3 nitrogen and oxygen atoms in total. The smallest absolute Gasteiger partial charge is 0.252 e. The highest BCUT2D eigenvalue weighted by molar-refractivity contribution is 7.99. The first-order chi connectivity index (χ1) is 10.2. The highest BCUT2D eigenvalue weighted by Crippen LogP contribution is 2.28. The van der Waals surface area contributed by atoms with Gasteiger partial charge in [-0.2, -0.15) is 11.8 Å². The normalized spacial score (nSPS) is 20.7. The van der Waals surface area contributed by atoms with Gasteiger partial charge in [0.25, 0.3) is 5.91 Å². The van der Waals surface area contributed by atoms with E-state index in [1.165, 1.54) is 18.2 Å². The summed E-state index contributed by atoms with van der Waals surface area (Å²) in [5.74, 6) is 4.83. The molecule has 5 heteroatoms. The predicted octanol–water partition coefficient (Wildman–Crippen LogP) is 2.15. The Morgan fingerprint density at radius 1 is 1.52 bits per heavy atom. The topological polar surface area (TPSA) is 55.1 Å². The second-order valence-corrected chi connectivity index (χ2v) is 6.06. The van der Waals surface area contributed by atoms with Crippen molar-refractivity contribution in [2.45, 2.75) is 30.6 Å². The van der Waals surface area contributed by atoms with E-state index in [9.17, 15) is 9.18 Å². The zero-order valence-electron chi connectivity index (χ0n) is 12.0. The molecule has 0 radical (unpaired) electrons. The van der Waals surface area contributed by atoms with Gasteiger partial charge in [-0.15, -0.1) is 0 Å². The zero-order valence-corrected chi connectivity index (χ0v) is 12.8. The third kappa shape index (κ3) is 3.99. The summed E-state index contributed by atoms with van der Waals surface area (Å²) in [6.07, 6.45) is 5.29. The van der Waals surface area contributed by atoms with Crippen LogP contribution in [0.2, 0.25) is 0 Å². The summed E-state index contributed by atoms with van der Waals surface area (Å²) < 4.78 is 13.3. The van der Waals surface area contributed by atoms with Crippen molar-refractivity contribution < 1.29 is 9.18 Å². The van der Waals surface area contributed by atoms with E-state index in [0.29, 0.717) is 16.4 Å². The molecule has 21 heavy (non-hydrogen) atoms. The van der Waals surface area contributed by atoms with Gasteiger partial charge in [0.1, 0.15) is 5.82 Å². The highest BCUT2D eigenvalue weighted by atomic mass is 32.2. The van der Waals surface area contributed by atoms with Crippen LogP contribution in [0.5, 0.6) is 0 Å². The van der Waals surface area contributed by atoms with E-state index in [1.54, 1.807) is 11.8 Å². The van der Waals surface area contributed by atoms with E-state index in [1.807, 2.05) is 0 Å².